The Labute approximate surface area is 208 Å². The molecule has 6 heteroatoms. The van der Waals surface area contributed by atoms with Crippen molar-refractivity contribution < 1.29 is 14.3 Å². The molecule has 6 nitrogen and oxygen atoms in total. The predicted molar refractivity (Wildman–Crippen MR) is 143 cm³/mol. The first-order valence-corrected chi connectivity index (χ1v) is 13.2. The summed E-state index contributed by atoms with van der Waals surface area (Å²) in [5, 5.41) is 2.21. The molecule has 0 fully saturated rings. The molecule has 3 heterocycles. The van der Waals surface area contributed by atoms with Crippen LogP contribution in [0, 0.1) is 0 Å². The van der Waals surface area contributed by atoms with Crippen molar-refractivity contribution in [3.05, 3.63) is 52.9 Å². The number of rotatable bonds is 16. The Kier molecular flexibility index (Phi) is 11.3. The molecule has 190 valence electrons. The zero-order valence-electron chi connectivity index (χ0n) is 21.3. The molecule has 3 aromatic heterocycles. The maximum atomic E-state index is 11.3. The van der Waals surface area contributed by atoms with Crippen LogP contribution in [0.1, 0.15) is 83.7 Å². The minimum absolute atomic E-state index is 0.0583. The second-order valence-electron chi connectivity index (χ2n) is 8.87. The van der Waals surface area contributed by atoms with E-state index in [1.54, 1.807) is 0 Å². The van der Waals surface area contributed by atoms with Gasteiger partial charge in [-0.15, -0.1) is 0 Å². The average molecular weight is 480 g/mol. The van der Waals surface area contributed by atoms with Gasteiger partial charge in [0, 0.05) is 29.4 Å². The number of hydrogen-bond acceptors (Lipinski definition) is 3. The second kappa shape index (κ2) is 15.0. The van der Waals surface area contributed by atoms with Crippen molar-refractivity contribution in [3.63, 3.8) is 0 Å². The van der Waals surface area contributed by atoms with Crippen LogP contribution < -0.4 is 15.4 Å². The summed E-state index contributed by atoms with van der Waals surface area (Å²) in [6.45, 7) is 4.97. The first kappa shape index (κ1) is 26.5. The Morgan fingerprint density at radius 3 is 2.31 bits per heavy atom. The smallest absolute Gasteiger partial charge is 0.305 e. The molecule has 0 unspecified atom stereocenters. The monoisotopic (exact) mass is 479 g/mol. The van der Waals surface area contributed by atoms with Crippen LogP contribution >= 0.6 is 0 Å². The highest BCUT2D eigenvalue weighted by atomic mass is 16.5. The summed E-state index contributed by atoms with van der Waals surface area (Å²) in [6.07, 6.45) is 17.6. The lowest BCUT2D eigenvalue weighted by Crippen LogP contribution is -2.09. The lowest BCUT2D eigenvalue weighted by Gasteiger charge is -2.02. The largest absolute Gasteiger partial charge is 0.492 e. The van der Waals surface area contributed by atoms with Gasteiger partial charge in [-0.3, -0.25) is 4.79 Å². The molecule has 3 aromatic rings. The van der Waals surface area contributed by atoms with Crippen LogP contribution in [0.2, 0.25) is 0 Å². The van der Waals surface area contributed by atoms with Crippen LogP contribution in [0.25, 0.3) is 23.5 Å². The number of carbonyl (C=O) groups excluding carboxylic acids is 1. The van der Waals surface area contributed by atoms with Crippen LogP contribution in [0.5, 0.6) is 5.75 Å². The molecule has 0 bridgehead atoms. The van der Waals surface area contributed by atoms with Crippen molar-refractivity contribution in [2.75, 3.05) is 13.2 Å². The normalized spacial score (nSPS) is 12.4. The summed E-state index contributed by atoms with van der Waals surface area (Å²) in [6, 6.07) is 10.3. The van der Waals surface area contributed by atoms with Gasteiger partial charge in [-0.25, -0.2) is 0 Å². The number of hydrogen-bond donors (Lipinski definition) is 3. The molecule has 0 saturated carbocycles. The van der Waals surface area contributed by atoms with Gasteiger partial charge >= 0.3 is 5.97 Å². The van der Waals surface area contributed by atoms with Gasteiger partial charge in [-0.2, -0.15) is 0 Å². The molecule has 0 radical (unpaired) electrons. The standard InChI is InChI=1S/C29H41N3O3/c1-3-34-28-22-26(25-16-14-20-30-25)32-27(28)21-24-19-18-23(31-24)15-12-10-8-6-5-7-9-11-13-17-29(33)35-4-2/h14-16,18-22,30-32H,3-13,17H2,1-2H3. The van der Waals surface area contributed by atoms with Crippen LogP contribution in [0.3, 0.4) is 0 Å². The molecule has 35 heavy (non-hydrogen) atoms. The second-order valence-corrected chi connectivity index (χ2v) is 8.87. The van der Waals surface area contributed by atoms with Crippen LogP contribution in [0.4, 0.5) is 0 Å². The minimum Gasteiger partial charge on any atom is -0.492 e. The van der Waals surface area contributed by atoms with E-state index in [9.17, 15) is 4.79 Å². The Bertz CT molecular complexity index is 1110. The van der Waals surface area contributed by atoms with E-state index < -0.39 is 0 Å². The Balaban J connectivity index is 1.38. The molecule has 0 amide bonds. The zero-order chi connectivity index (χ0) is 24.7. The lowest BCUT2D eigenvalue weighted by molar-refractivity contribution is -0.143. The highest BCUT2D eigenvalue weighted by Crippen LogP contribution is 2.26. The Morgan fingerprint density at radius 1 is 0.857 bits per heavy atom. The van der Waals surface area contributed by atoms with Crippen molar-refractivity contribution in [1.29, 1.82) is 0 Å². The zero-order valence-corrected chi connectivity index (χ0v) is 21.3. The number of unbranched alkanes of at least 4 members (excludes halogenated alkanes) is 8. The molecule has 0 saturated heterocycles. The maximum Gasteiger partial charge on any atom is 0.305 e. The number of H-pyrrole nitrogens is 3. The SMILES string of the molecule is CCOC(=O)CCCCCCCCCCC=c1ccc(=Cc2[nH]c(-c3ccc[nH]3)cc2OCC)[nH]1. The van der Waals surface area contributed by atoms with Crippen molar-refractivity contribution in [2.24, 2.45) is 0 Å². The molecule has 3 rings (SSSR count). The summed E-state index contributed by atoms with van der Waals surface area (Å²) in [5.74, 6) is 0.799. The van der Waals surface area contributed by atoms with E-state index in [2.05, 4.69) is 39.2 Å². The topological polar surface area (TPSA) is 82.9 Å². The summed E-state index contributed by atoms with van der Waals surface area (Å²) in [5.41, 5.74) is 3.02. The number of carbonyl (C=O) groups is 1. The third-order valence-electron chi connectivity index (χ3n) is 6.03. The molecule has 0 spiro atoms. The molecular formula is C29H41N3O3. The van der Waals surface area contributed by atoms with Gasteiger partial charge in [-0.05, 0) is 63.5 Å². The fourth-order valence-corrected chi connectivity index (χ4v) is 4.23. The van der Waals surface area contributed by atoms with Gasteiger partial charge in [0.2, 0.25) is 0 Å². The maximum absolute atomic E-state index is 11.3. The molecule has 0 atom stereocenters. The van der Waals surface area contributed by atoms with Crippen LogP contribution in [-0.2, 0) is 9.53 Å². The molecular weight excluding hydrogens is 438 g/mol. The molecule has 0 aromatic carbocycles. The number of esters is 1. The van der Waals surface area contributed by atoms with E-state index in [1.165, 1.54) is 38.5 Å². The Morgan fingerprint density at radius 2 is 1.60 bits per heavy atom. The molecule has 0 aliphatic rings. The van der Waals surface area contributed by atoms with Gasteiger partial charge < -0.3 is 24.4 Å². The van der Waals surface area contributed by atoms with E-state index in [4.69, 9.17) is 9.47 Å². The van der Waals surface area contributed by atoms with E-state index in [0.29, 0.717) is 19.6 Å². The van der Waals surface area contributed by atoms with Gasteiger partial charge in [0.05, 0.1) is 30.3 Å². The van der Waals surface area contributed by atoms with Gasteiger partial charge in [0.15, 0.2) is 0 Å². The third kappa shape index (κ3) is 9.19. The van der Waals surface area contributed by atoms with Gasteiger partial charge in [-0.1, -0.05) is 44.6 Å². The summed E-state index contributed by atoms with van der Waals surface area (Å²) >= 11 is 0. The van der Waals surface area contributed by atoms with E-state index in [1.807, 2.05) is 38.2 Å². The fraction of sp³-hybridized carbons (Fsp3) is 0.483. The number of nitrogens with one attached hydrogen (secondary N) is 3. The van der Waals surface area contributed by atoms with E-state index in [-0.39, 0.29) is 5.97 Å². The molecule has 3 N–H and O–H groups in total. The van der Waals surface area contributed by atoms with Crippen molar-refractivity contribution in [1.82, 2.24) is 15.0 Å². The summed E-state index contributed by atoms with van der Waals surface area (Å²) in [7, 11) is 0. The highest BCUT2D eigenvalue weighted by Gasteiger charge is 2.09. The number of ether oxygens (including phenoxy) is 2. The van der Waals surface area contributed by atoms with Crippen LogP contribution in [0.15, 0.2) is 36.5 Å². The fourth-order valence-electron chi connectivity index (χ4n) is 4.23. The molecule has 0 aliphatic heterocycles. The van der Waals surface area contributed by atoms with Gasteiger partial charge in [0.1, 0.15) is 5.75 Å². The van der Waals surface area contributed by atoms with Crippen molar-refractivity contribution >= 4 is 18.1 Å². The minimum atomic E-state index is -0.0583. The van der Waals surface area contributed by atoms with E-state index in [0.717, 1.165) is 52.8 Å². The average Bonchev–Trinajstić information content (AvgIpc) is 3.60. The first-order valence-electron chi connectivity index (χ1n) is 13.2. The van der Waals surface area contributed by atoms with E-state index >= 15 is 0 Å². The third-order valence-corrected chi connectivity index (χ3v) is 6.03. The van der Waals surface area contributed by atoms with Crippen molar-refractivity contribution in [2.45, 2.75) is 78.1 Å². The lowest BCUT2D eigenvalue weighted by atomic mass is 10.1. The summed E-state index contributed by atoms with van der Waals surface area (Å²) < 4.78 is 10.8. The van der Waals surface area contributed by atoms with Crippen LogP contribution in [-0.4, -0.2) is 34.1 Å². The molecule has 0 aliphatic carbocycles. The quantitative estimate of drug-likeness (QED) is 0.179. The first-order chi connectivity index (χ1) is 17.2. The Hall–Kier alpha value is -3.15. The summed E-state index contributed by atoms with van der Waals surface area (Å²) in [4.78, 5) is 21.5. The van der Waals surface area contributed by atoms with Gasteiger partial charge in [0.25, 0.3) is 0 Å². The predicted octanol–water partition coefficient (Wildman–Crippen LogP) is 5.81. The number of aromatic amines is 3. The van der Waals surface area contributed by atoms with Crippen molar-refractivity contribution in [3.8, 4) is 17.1 Å². The number of aromatic nitrogens is 3. The highest BCUT2D eigenvalue weighted by molar-refractivity contribution is 5.69.